The van der Waals surface area contributed by atoms with Crippen molar-refractivity contribution in [2.75, 3.05) is 0 Å². The van der Waals surface area contributed by atoms with Crippen LogP contribution >= 0.6 is 11.6 Å². The molecule has 0 saturated heterocycles. The van der Waals surface area contributed by atoms with Crippen molar-refractivity contribution < 1.29 is 14.2 Å². The first-order valence-electron chi connectivity index (χ1n) is 5.47. The number of rotatable bonds is 4. The fraction of sp³-hybridized carbons (Fsp3) is 0.143. The zero-order chi connectivity index (χ0) is 13.0. The molecule has 0 spiro atoms. The molecule has 0 aliphatic carbocycles. The van der Waals surface area contributed by atoms with E-state index in [-0.39, 0.29) is 19.0 Å². The van der Waals surface area contributed by atoms with Gasteiger partial charge in [0, 0.05) is 11.1 Å². The molecule has 0 unspecified atom stereocenters. The van der Waals surface area contributed by atoms with Gasteiger partial charge >= 0.3 is 0 Å². The molecule has 0 atom stereocenters. The fourth-order valence-electron chi connectivity index (χ4n) is 1.61. The van der Waals surface area contributed by atoms with Gasteiger partial charge in [-0.2, -0.15) is 0 Å². The quantitative estimate of drug-likeness (QED) is 0.917. The minimum Gasteiger partial charge on any atom is -0.487 e. The Morgan fingerprint density at radius 3 is 2.50 bits per heavy atom. The van der Waals surface area contributed by atoms with Crippen molar-refractivity contribution in [2.45, 2.75) is 13.2 Å². The molecule has 1 N–H and O–H groups in total. The molecular formula is C14H12ClFO2. The van der Waals surface area contributed by atoms with Crippen molar-refractivity contribution in [3.05, 3.63) is 64.4 Å². The molecule has 2 nitrogen and oxygen atoms in total. The van der Waals surface area contributed by atoms with Crippen LogP contribution in [0.4, 0.5) is 4.39 Å². The lowest BCUT2D eigenvalue weighted by Crippen LogP contribution is -2.01. The van der Waals surface area contributed by atoms with Crippen LogP contribution in [-0.2, 0) is 13.2 Å². The molecule has 0 saturated carbocycles. The number of ether oxygens (including phenoxy) is 1. The number of halogens is 2. The predicted octanol–water partition coefficient (Wildman–Crippen LogP) is 3.55. The summed E-state index contributed by atoms with van der Waals surface area (Å²) in [6, 6.07) is 11.5. The number of benzene rings is 2. The van der Waals surface area contributed by atoms with E-state index in [9.17, 15) is 9.50 Å². The first kappa shape index (κ1) is 12.9. The molecule has 2 aromatic rings. The highest BCUT2D eigenvalue weighted by atomic mass is 35.5. The maximum Gasteiger partial charge on any atom is 0.143 e. The van der Waals surface area contributed by atoms with E-state index in [1.165, 1.54) is 6.07 Å². The minimum absolute atomic E-state index is 0.0728. The zero-order valence-electron chi connectivity index (χ0n) is 9.57. The molecule has 2 aromatic carbocycles. The van der Waals surface area contributed by atoms with Gasteiger partial charge in [0.25, 0.3) is 0 Å². The van der Waals surface area contributed by atoms with Gasteiger partial charge in [-0.15, -0.1) is 0 Å². The smallest absolute Gasteiger partial charge is 0.143 e. The van der Waals surface area contributed by atoms with Crippen LogP contribution in [0.1, 0.15) is 11.1 Å². The summed E-state index contributed by atoms with van der Waals surface area (Å²) in [5.74, 6) is 0.0695. The average molecular weight is 267 g/mol. The van der Waals surface area contributed by atoms with E-state index in [2.05, 4.69) is 0 Å². The lowest BCUT2D eigenvalue weighted by Gasteiger charge is -2.12. The molecule has 0 aromatic heterocycles. The third-order valence-corrected chi connectivity index (χ3v) is 2.85. The van der Waals surface area contributed by atoms with Gasteiger partial charge in [-0.3, -0.25) is 0 Å². The molecule has 0 radical (unpaired) electrons. The first-order valence-corrected chi connectivity index (χ1v) is 5.84. The van der Waals surface area contributed by atoms with E-state index in [0.29, 0.717) is 21.9 Å². The topological polar surface area (TPSA) is 29.5 Å². The summed E-state index contributed by atoms with van der Waals surface area (Å²) in [6.07, 6.45) is 0. The second kappa shape index (κ2) is 5.85. The molecule has 0 fully saturated rings. The van der Waals surface area contributed by atoms with Gasteiger partial charge < -0.3 is 9.84 Å². The van der Waals surface area contributed by atoms with Gasteiger partial charge in [0.15, 0.2) is 0 Å². The maximum absolute atomic E-state index is 13.4. The lowest BCUT2D eigenvalue weighted by molar-refractivity contribution is 0.257. The summed E-state index contributed by atoms with van der Waals surface area (Å²) in [5, 5.41) is 9.58. The summed E-state index contributed by atoms with van der Waals surface area (Å²) in [6.45, 7) is -0.101. The Kier molecular flexibility index (Phi) is 4.18. The van der Waals surface area contributed by atoms with Crippen LogP contribution < -0.4 is 4.74 Å². The Morgan fingerprint density at radius 1 is 1.06 bits per heavy atom. The van der Waals surface area contributed by atoms with Crippen LogP contribution in [0.15, 0.2) is 42.5 Å². The molecule has 2 rings (SSSR count). The molecule has 0 aliphatic rings. The van der Waals surface area contributed by atoms with Crippen molar-refractivity contribution in [1.29, 1.82) is 0 Å². The number of aliphatic hydroxyl groups is 1. The first-order chi connectivity index (χ1) is 8.72. The molecule has 0 bridgehead atoms. The Morgan fingerprint density at radius 2 is 1.78 bits per heavy atom. The number of hydrogen-bond acceptors (Lipinski definition) is 2. The van der Waals surface area contributed by atoms with Crippen molar-refractivity contribution in [3.8, 4) is 5.75 Å². The van der Waals surface area contributed by atoms with Crippen molar-refractivity contribution in [1.82, 2.24) is 0 Å². The van der Waals surface area contributed by atoms with Gasteiger partial charge in [0.05, 0.1) is 11.6 Å². The lowest BCUT2D eigenvalue weighted by atomic mass is 10.2. The maximum atomic E-state index is 13.4. The minimum atomic E-state index is -0.324. The van der Waals surface area contributed by atoms with E-state index in [4.69, 9.17) is 16.3 Å². The van der Waals surface area contributed by atoms with Crippen molar-refractivity contribution in [3.63, 3.8) is 0 Å². The van der Waals surface area contributed by atoms with E-state index in [1.54, 1.807) is 36.4 Å². The Bertz CT molecular complexity index is 543. The van der Waals surface area contributed by atoms with Crippen LogP contribution in [0.5, 0.6) is 5.75 Å². The van der Waals surface area contributed by atoms with Crippen molar-refractivity contribution >= 4 is 11.6 Å². The van der Waals surface area contributed by atoms with Gasteiger partial charge in [-0.1, -0.05) is 41.9 Å². The molecule has 4 heteroatoms. The molecule has 18 heavy (non-hydrogen) atoms. The highest BCUT2D eigenvalue weighted by Gasteiger charge is 2.09. The Balaban J connectivity index is 2.18. The molecule has 0 amide bonds. The Labute approximate surface area is 110 Å². The number of hydrogen-bond donors (Lipinski definition) is 1. The second-order valence-corrected chi connectivity index (χ2v) is 4.17. The standard InChI is InChI=1S/C14H12ClFO2/c15-12-6-3-5-10(8-17)14(12)18-9-11-4-1-2-7-13(11)16/h1-7,17H,8-9H2. The summed E-state index contributed by atoms with van der Waals surface area (Å²) < 4.78 is 18.9. The van der Waals surface area contributed by atoms with Gasteiger partial charge in [-0.25, -0.2) is 4.39 Å². The van der Waals surface area contributed by atoms with Crippen LogP contribution in [0.25, 0.3) is 0 Å². The summed E-state index contributed by atoms with van der Waals surface area (Å²) >= 11 is 5.98. The van der Waals surface area contributed by atoms with Gasteiger partial charge in [0.2, 0.25) is 0 Å². The van der Waals surface area contributed by atoms with Crippen LogP contribution in [0.2, 0.25) is 5.02 Å². The van der Waals surface area contributed by atoms with E-state index in [1.807, 2.05) is 0 Å². The third-order valence-electron chi connectivity index (χ3n) is 2.55. The van der Waals surface area contributed by atoms with E-state index >= 15 is 0 Å². The number of para-hydroxylation sites is 1. The van der Waals surface area contributed by atoms with E-state index < -0.39 is 0 Å². The fourth-order valence-corrected chi connectivity index (χ4v) is 1.85. The van der Waals surface area contributed by atoms with Crippen molar-refractivity contribution in [2.24, 2.45) is 0 Å². The monoisotopic (exact) mass is 266 g/mol. The molecular weight excluding hydrogens is 255 g/mol. The van der Waals surface area contributed by atoms with Gasteiger partial charge in [0.1, 0.15) is 18.2 Å². The summed E-state index contributed by atoms with van der Waals surface area (Å²) in [4.78, 5) is 0. The van der Waals surface area contributed by atoms with Gasteiger partial charge in [-0.05, 0) is 12.1 Å². The largest absolute Gasteiger partial charge is 0.487 e. The normalized spacial score (nSPS) is 10.4. The predicted molar refractivity (Wildman–Crippen MR) is 68.1 cm³/mol. The number of aliphatic hydroxyl groups excluding tert-OH is 1. The van der Waals surface area contributed by atoms with Crippen LogP contribution in [-0.4, -0.2) is 5.11 Å². The molecule has 0 aliphatic heterocycles. The highest BCUT2D eigenvalue weighted by Crippen LogP contribution is 2.29. The Hall–Kier alpha value is -1.58. The highest BCUT2D eigenvalue weighted by molar-refractivity contribution is 6.32. The van der Waals surface area contributed by atoms with Crippen LogP contribution in [0.3, 0.4) is 0 Å². The summed E-state index contributed by atoms with van der Waals surface area (Å²) in [5.41, 5.74) is 1.03. The van der Waals surface area contributed by atoms with E-state index in [0.717, 1.165) is 0 Å². The summed E-state index contributed by atoms with van der Waals surface area (Å²) in [7, 11) is 0. The third kappa shape index (κ3) is 2.81. The molecule has 0 heterocycles. The van der Waals surface area contributed by atoms with Crippen LogP contribution in [0, 0.1) is 5.82 Å². The average Bonchev–Trinajstić information content (AvgIpc) is 2.39. The zero-order valence-corrected chi connectivity index (χ0v) is 10.3. The molecule has 94 valence electrons. The SMILES string of the molecule is OCc1cccc(Cl)c1OCc1ccccc1F. The second-order valence-electron chi connectivity index (χ2n) is 3.77.